The van der Waals surface area contributed by atoms with Crippen molar-refractivity contribution in [1.29, 1.82) is 0 Å². The van der Waals surface area contributed by atoms with Crippen LogP contribution in [0.1, 0.15) is 26.2 Å². The number of nitrogens with one attached hydrogen (secondary N) is 1. The Labute approximate surface area is 75.0 Å². The molecule has 12 heavy (non-hydrogen) atoms. The van der Waals surface area contributed by atoms with Crippen LogP contribution in [0.3, 0.4) is 0 Å². The largest absolute Gasteiger partial charge is 0.319 e. The minimum Gasteiger partial charge on any atom is -0.319 e. The Balaban J connectivity index is 3.49. The van der Waals surface area contributed by atoms with Gasteiger partial charge in [-0.2, -0.15) is 0 Å². The summed E-state index contributed by atoms with van der Waals surface area (Å²) in [6, 6.07) is 0. The van der Waals surface area contributed by atoms with Gasteiger partial charge in [0.2, 0.25) is 0 Å². The Morgan fingerprint density at radius 1 is 1.67 bits per heavy atom. The zero-order valence-electron chi connectivity index (χ0n) is 8.10. The van der Waals surface area contributed by atoms with Crippen LogP contribution in [0, 0.1) is 5.92 Å². The SMILES string of the molecule is C=CCCCC(=O)C(C)CNC. The lowest BCUT2D eigenvalue weighted by Gasteiger charge is -2.08. The first-order valence-corrected chi connectivity index (χ1v) is 4.50. The molecule has 0 aromatic rings. The van der Waals surface area contributed by atoms with Crippen molar-refractivity contribution in [1.82, 2.24) is 5.32 Å². The van der Waals surface area contributed by atoms with Crippen LogP contribution in [-0.2, 0) is 4.79 Å². The molecule has 0 aliphatic rings. The van der Waals surface area contributed by atoms with Crippen molar-refractivity contribution < 1.29 is 4.79 Å². The standard InChI is InChI=1S/C10H19NO/c1-4-5-6-7-10(12)9(2)8-11-3/h4,9,11H,1,5-8H2,2-3H3. The fourth-order valence-corrected chi connectivity index (χ4v) is 1.09. The molecule has 2 nitrogen and oxygen atoms in total. The zero-order chi connectivity index (χ0) is 9.40. The number of carbonyl (C=O) groups excluding carboxylic acids is 1. The molecule has 0 rings (SSSR count). The van der Waals surface area contributed by atoms with Gasteiger partial charge in [-0.3, -0.25) is 4.79 Å². The fourth-order valence-electron chi connectivity index (χ4n) is 1.09. The summed E-state index contributed by atoms with van der Waals surface area (Å²) >= 11 is 0. The van der Waals surface area contributed by atoms with Crippen LogP contribution in [0.4, 0.5) is 0 Å². The molecule has 0 saturated carbocycles. The lowest BCUT2D eigenvalue weighted by Crippen LogP contribution is -2.23. The molecule has 0 aromatic carbocycles. The molecular formula is C10H19NO. The number of ketones is 1. The van der Waals surface area contributed by atoms with E-state index in [1.165, 1.54) is 0 Å². The van der Waals surface area contributed by atoms with Gasteiger partial charge in [-0.25, -0.2) is 0 Å². The summed E-state index contributed by atoms with van der Waals surface area (Å²) in [5.41, 5.74) is 0. The number of rotatable bonds is 7. The van der Waals surface area contributed by atoms with Gasteiger partial charge in [0.05, 0.1) is 0 Å². The molecule has 0 aliphatic carbocycles. The predicted octanol–water partition coefficient (Wildman–Crippen LogP) is 1.77. The van der Waals surface area contributed by atoms with Gasteiger partial charge in [-0.1, -0.05) is 13.0 Å². The molecule has 0 heterocycles. The third-order valence-corrected chi connectivity index (χ3v) is 1.89. The highest BCUT2D eigenvalue weighted by atomic mass is 16.1. The second-order valence-corrected chi connectivity index (χ2v) is 3.11. The van der Waals surface area contributed by atoms with E-state index in [-0.39, 0.29) is 5.92 Å². The third kappa shape index (κ3) is 5.08. The summed E-state index contributed by atoms with van der Waals surface area (Å²) < 4.78 is 0. The van der Waals surface area contributed by atoms with Gasteiger partial charge in [0.15, 0.2) is 0 Å². The summed E-state index contributed by atoms with van der Waals surface area (Å²) in [5.74, 6) is 0.506. The first-order chi connectivity index (χ1) is 5.72. The number of hydrogen-bond acceptors (Lipinski definition) is 2. The molecular weight excluding hydrogens is 150 g/mol. The number of carbonyl (C=O) groups is 1. The van der Waals surface area contributed by atoms with Gasteiger partial charge in [-0.05, 0) is 19.9 Å². The molecule has 0 saturated heterocycles. The highest BCUT2D eigenvalue weighted by Crippen LogP contribution is 2.04. The van der Waals surface area contributed by atoms with E-state index < -0.39 is 0 Å². The van der Waals surface area contributed by atoms with Crippen molar-refractivity contribution in [2.45, 2.75) is 26.2 Å². The molecule has 0 aromatic heterocycles. The first kappa shape index (κ1) is 11.4. The monoisotopic (exact) mass is 169 g/mol. The first-order valence-electron chi connectivity index (χ1n) is 4.50. The van der Waals surface area contributed by atoms with Crippen molar-refractivity contribution in [2.75, 3.05) is 13.6 Å². The molecule has 0 amide bonds. The maximum absolute atomic E-state index is 11.3. The van der Waals surface area contributed by atoms with E-state index in [0.717, 1.165) is 19.4 Å². The lowest BCUT2D eigenvalue weighted by atomic mass is 10.0. The van der Waals surface area contributed by atoms with Crippen LogP contribution in [-0.4, -0.2) is 19.4 Å². The van der Waals surface area contributed by atoms with Crippen LogP contribution in [0.2, 0.25) is 0 Å². The van der Waals surface area contributed by atoms with E-state index in [1.807, 2.05) is 20.0 Å². The topological polar surface area (TPSA) is 29.1 Å². The van der Waals surface area contributed by atoms with E-state index in [1.54, 1.807) is 0 Å². The van der Waals surface area contributed by atoms with Crippen molar-refractivity contribution in [3.8, 4) is 0 Å². The highest BCUT2D eigenvalue weighted by Gasteiger charge is 2.10. The molecule has 0 bridgehead atoms. The number of unbranched alkanes of at least 4 members (excludes halogenated alkanes) is 1. The van der Waals surface area contributed by atoms with E-state index >= 15 is 0 Å². The normalized spacial score (nSPS) is 12.5. The minimum atomic E-state index is 0.153. The predicted molar refractivity (Wildman–Crippen MR) is 52.1 cm³/mol. The molecule has 1 N–H and O–H groups in total. The Morgan fingerprint density at radius 2 is 2.33 bits per heavy atom. The van der Waals surface area contributed by atoms with Gasteiger partial charge < -0.3 is 5.32 Å². The van der Waals surface area contributed by atoms with Gasteiger partial charge in [-0.15, -0.1) is 6.58 Å². The van der Waals surface area contributed by atoms with Crippen LogP contribution in [0.5, 0.6) is 0 Å². The Morgan fingerprint density at radius 3 is 2.83 bits per heavy atom. The Kier molecular flexibility index (Phi) is 6.67. The van der Waals surface area contributed by atoms with Crippen LogP contribution in [0.15, 0.2) is 12.7 Å². The van der Waals surface area contributed by atoms with Gasteiger partial charge in [0, 0.05) is 18.9 Å². The molecule has 2 heteroatoms. The summed E-state index contributed by atoms with van der Waals surface area (Å²) in [4.78, 5) is 11.3. The summed E-state index contributed by atoms with van der Waals surface area (Å²) in [7, 11) is 1.87. The van der Waals surface area contributed by atoms with Gasteiger partial charge in [0.1, 0.15) is 5.78 Å². The maximum Gasteiger partial charge on any atom is 0.136 e. The summed E-state index contributed by atoms with van der Waals surface area (Å²) in [5, 5.41) is 3.00. The number of hydrogen-bond donors (Lipinski definition) is 1. The van der Waals surface area contributed by atoms with E-state index in [2.05, 4.69) is 11.9 Å². The minimum absolute atomic E-state index is 0.153. The van der Waals surface area contributed by atoms with Crippen LogP contribution in [0.25, 0.3) is 0 Å². The quantitative estimate of drug-likeness (QED) is 0.465. The average molecular weight is 169 g/mol. The zero-order valence-corrected chi connectivity index (χ0v) is 8.10. The molecule has 0 fully saturated rings. The fraction of sp³-hybridized carbons (Fsp3) is 0.700. The van der Waals surface area contributed by atoms with Crippen molar-refractivity contribution in [3.63, 3.8) is 0 Å². The van der Waals surface area contributed by atoms with E-state index in [0.29, 0.717) is 12.2 Å². The molecule has 0 spiro atoms. The number of allylic oxidation sites excluding steroid dienone is 1. The Hall–Kier alpha value is -0.630. The summed E-state index contributed by atoms with van der Waals surface area (Å²) in [6.07, 6.45) is 4.43. The van der Waals surface area contributed by atoms with Crippen molar-refractivity contribution in [2.24, 2.45) is 5.92 Å². The summed E-state index contributed by atoms with van der Waals surface area (Å²) in [6.45, 7) is 6.36. The maximum atomic E-state index is 11.3. The third-order valence-electron chi connectivity index (χ3n) is 1.89. The highest BCUT2D eigenvalue weighted by molar-refractivity contribution is 5.80. The van der Waals surface area contributed by atoms with Crippen LogP contribution >= 0.6 is 0 Å². The van der Waals surface area contributed by atoms with Gasteiger partial charge >= 0.3 is 0 Å². The molecule has 0 radical (unpaired) electrons. The second-order valence-electron chi connectivity index (χ2n) is 3.11. The second kappa shape index (κ2) is 7.04. The molecule has 70 valence electrons. The van der Waals surface area contributed by atoms with Crippen LogP contribution < -0.4 is 5.32 Å². The average Bonchev–Trinajstić information content (AvgIpc) is 2.05. The van der Waals surface area contributed by atoms with Gasteiger partial charge in [0.25, 0.3) is 0 Å². The number of Topliss-reactive ketones (excluding diaryl/α,β-unsaturated/α-hetero) is 1. The van der Waals surface area contributed by atoms with Crippen molar-refractivity contribution >= 4 is 5.78 Å². The van der Waals surface area contributed by atoms with E-state index in [4.69, 9.17) is 0 Å². The molecule has 1 unspecified atom stereocenters. The van der Waals surface area contributed by atoms with E-state index in [9.17, 15) is 4.79 Å². The van der Waals surface area contributed by atoms with Crippen molar-refractivity contribution in [3.05, 3.63) is 12.7 Å². The molecule has 0 aliphatic heterocycles. The smallest absolute Gasteiger partial charge is 0.136 e. The molecule has 1 atom stereocenters. The lowest BCUT2D eigenvalue weighted by molar-refractivity contribution is -0.122. The Bertz CT molecular complexity index is 143.